The van der Waals surface area contributed by atoms with Crippen molar-refractivity contribution in [1.82, 2.24) is 9.62 Å². The second kappa shape index (κ2) is 7.52. The molecule has 2 aliphatic rings. The summed E-state index contributed by atoms with van der Waals surface area (Å²) in [5.74, 6) is 0.703. The summed E-state index contributed by atoms with van der Waals surface area (Å²) >= 11 is 0. The van der Waals surface area contributed by atoms with Crippen molar-refractivity contribution in [2.45, 2.75) is 50.2 Å². The van der Waals surface area contributed by atoms with Gasteiger partial charge < -0.3 is 10.1 Å². The maximum absolute atomic E-state index is 12.8. The zero-order valence-corrected chi connectivity index (χ0v) is 15.4. The molecule has 2 fully saturated rings. The van der Waals surface area contributed by atoms with E-state index in [1.807, 2.05) is 26.0 Å². The minimum Gasteiger partial charge on any atom is -0.373 e. The number of morpholine rings is 1. The fraction of sp³-hybridized carbons (Fsp3) is 0.667. The highest BCUT2D eigenvalue weighted by atomic mass is 32.2. The Balaban J connectivity index is 1.69. The second-order valence-electron chi connectivity index (χ2n) is 7.12. The van der Waals surface area contributed by atoms with E-state index >= 15 is 0 Å². The van der Waals surface area contributed by atoms with Gasteiger partial charge in [0.2, 0.25) is 10.0 Å². The first-order valence-electron chi connectivity index (χ1n) is 8.90. The number of rotatable bonds is 4. The zero-order valence-electron chi connectivity index (χ0n) is 14.6. The van der Waals surface area contributed by atoms with Gasteiger partial charge in [0.1, 0.15) is 0 Å². The molecule has 2 aliphatic heterocycles. The van der Waals surface area contributed by atoms with Crippen molar-refractivity contribution >= 4 is 10.0 Å². The van der Waals surface area contributed by atoms with Gasteiger partial charge in [-0.25, -0.2) is 8.42 Å². The van der Waals surface area contributed by atoms with Crippen LogP contribution in [0.25, 0.3) is 0 Å². The number of hydrogen-bond acceptors (Lipinski definition) is 4. The molecule has 0 amide bonds. The van der Waals surface area contributed by atoms with Crippen LogP contribution in [0.15, 0.2) is 29.2 Å². The highest BCUT2D eigenvalue weighted by molar-refractivity contribution is 7.89. The van der Waals surface area contributed by atoms with Crippen LogP contribution in [-0.2, 0) is 21.2 Å². The molecule has 1 aromatic carbocycles. The van der Waals surface area contributed by atoms with Crippen LogP contribution in [0.5, 0.6) is 0 Å². The summed E-state index contributed by atoms with van der Waals surface area (Å²) in [5, 5.41) is 3.38. The Morgan fingerprint density at radius 1 is 1.08 bits per heavy atom. The summed E-state index contributed by atoms with van der Waals surface area (Å²) in [7, 11) is -3.43. The number of nitrogens with one attached hydrogen (secondary N) is 1. The molecule has 0 aromatic heterocycles. The lowest BCUT2D eigenvalue weighted by atomic mass is 9.91. The first-order valence-corrected chi connectivity index (χ1v) is 10.3. The van der Waals surface area contributed by atoms with Gasteiger partial charge >= 0.3 is 0 Å². The molecule has 24 heavy (non-hydrogen) atoms. The number of sulfonamides is 1. The van der Waals surface area contributed by atoms with E-state index in [-0.39, 0.29) is 12.2 Å². The molecule has 0 radical (unpaired) electrons. The van der Waals surface area contributed by atoms with Crippen LogP contribution in [0.3, 0.4) is 0 Å². The van der Waals surface area contributed by atoms with Gasteiger partial charge in [0.15, 0.2) is 0 Å². The predicted molar refractivity (Wildman–Crippen MR) is 94.5 cm³/mol. The van der Waals surface area contributed by atoms with E-state index in [0.717, 1.165) is 19.5 Å². The van der Waals surface area contributed by atoms with E-state index in [2.05, 4.69) is 5.32 Å². The zero-order chi connectivity index (χ0) is 17.2. The van der Waals surface area contributed by atoms with Gasteiger partial charge in [0, 0.05) is 13.1 Å². The molecular formula is C18H28N2O3S. The van der Waals surface area contributed by atoms with Crippen molar-refractivity contribution in [3.63, 3.8) is 0 Å². The highest BCUT2D eigenvalue weighted by Gasteiger charge is 2.32. The van der Waals surface area contributed by atoms with E-state index in [4.69, 9.17) is 4.74 Å². The van der Waals surface area contributed by atoms with Gasteiger partial charge in [-0.3, -0.25) is 0 Å². The van der Waals surface area contributed by atoms with Crippen LogP contribution in [0.1, 0.15) is 32.3 Å². The Kier molecular flexibility index (Phi) is 5.59. The summed E-state index contributed by atoms with van der Waals surface area (Å²) in [6.45, 7) is 6.85. The number of ether oxygens (including phenoxy) is 1. The fourth-order valence-electron chi connectivity index (χ4n) is 3.69. The summed E-state index contributed by atoms with van der Waals surface area (Å²) in [5.41, 5.74) is 1.23. The summed E-state index contributed by atoms with van der Waals surface area (Å²) in [6, 6.07) is 7.47. The van der Waals surface area contributed by atoms with E-state index in [1.54, 1.807) is 16.4 Å². The highest BCUT2D eigenvalue weighted by Crippen LogP contribution is 2.23. The number of nitrogens with zero attached hydrogens (tertiary/aromatic N) is 1. The largest absolute Gasteiger partial charge is 0.373 e. The van der Waals surface area contributed by atoms with Crippen LogP contribution in [0, 0.1) is 5.92 Å². The molecule has 5 nitrogen and oxygen atoms in total. The standard InChI is InChI=1S/C18H28N2O3S/c1-14-12-20(13-15(2)23-14)24(21,22)18-5-3-16(4-6-18)11-17-7-9-19-10-8-17/h3-6,14-15,17,19H,7-13H2,1-2H3/t14-,15+. The molecule has 0 bridgehead atoms. The Morgan fingerprint density at radius 3 is 2.25 bits per heavy atom. The molecule has 2 saturated heterocycles. The number of benzene rings is 1. The smallest absolute Gasteiger partial charge is 0.243 e. The molecule has 134 valence electrons. The first kappa shape index (κ1) is 17.9. The molecule has 1 aromatic rings. The van der Waals surface area contributed by atoms with Crippen LogP contribution in [0.4, 0.5) is 0 Å². The average Bonchev–Trinajstić information content (AvgIpc) is 2.55. The number of hydrogen-bond donors (Lipinski definition) is 1. The maximum atomic E-state index is 12.8. The molecule has 0 unspecified atom stereocenters. The van der Waals surface area contributed by atoms with Crippen molar-refractivity contribution in [1.29, 1.82) is 0 Å². The van der Waals surface area contributed by atoms with Crippen molar-refractivity contribution in [3.05, 3.63) is 29.8 Å². The maximum Gasteiger partial charge on any atom is 0.243 e. The lowest BCUT2D eigenvalue weighted by molar-refractivity contribution is -0.0440. The molecule has 0 spiro atoms. The minimum atomic E-state index is -3.43. The average molecular weight is 353 g/mol. The van der Waals surface area contributed by atoms with Crippen molar-refractivity contribution in [3.8, 4) is 0 Å². The van der Waals surface area contributed by atoms with Gasteiger partial charge in [-0.2, -0.15) is 4.31 Å². The lowest BCUT2D eigenvalue weighted by Crippen LogP contribution is -2.48. The third-order valence-electron chi connectivity index (χ3n) is 4.93. The van der Waals surface area contributed by atoms with Crippen molar-refractivity contribution in [2.75, 3.05) is 26.2 Å². The Morgan fingerprint density at radius 2 is 1.67 bits per heavy atom. The first-order chi connectivity index (χ1) is 11.4. The van der Waals surface area contributed by atoms with E-state index in [1.165, 1.54) is 18.4 Å². The third kappa shape index (κ3) is 4.17. The molecule has 6 heteroatoms. The van der Waals surface area contributed by atoms with Crippen molar-refractivity contribution < 1.29 is 13.2 Å². The molecule has 1 N–H and O–H groups in total. The molecule has 2 heterocycles. The van der Waals surface area contributed by atoms with Crippen LogP contribution < -0.4 is 5.32 Å². The quantitative estimate of drug-likeness (QED) is 0.901. The molecular weight excluding hydrogens is 324 g/mol. The second-order valence-corrected chi connectivity index (χ2v) is 9.06. The van der Waals surface area contributed by atoms with Gasteiger partial charge in [-0.05, 0) is 69.8 Å². The van der Waals surface area contributed by atoms with Crippen LogP contribution in [0.2, 0.25) is 0 Å². The SMILES string of the molecule is C[C@@H]1CN(S(=O)(=O)c2ccc(CC3CCNCC3)cc2)C[C@H](C)O1. The third-order valence-corrected chi connectivity index (χ3v) is 6.78. The van der Waals surface area contributed by atoms with E-state index < -0.39 is 10.0 Å². The topological polar surface area (TPSA) is 58.6 Å². The summed E-state index contributed by atoms with van der Waals surface area (Å²) in [4.78, 5) is 0.387. The minimum absolute atomic E-state index is 0.0669. The van der Waals surface area contributed by atoms with Gasteiger partial charge in [-0.1, -0.05) is 12.1 Å². The molecule has 0 aliphatic carbocycles. The Hall–Kier alpha value is -0.950. The fourth-order valence-corrected chi connectivity index (χ4v) is 5.28. The predicted octanol–water partition coefficient (Wildman–Crippen LogP) is 2.03. The Bertz CT molecular complexity index is 629. The Labute approximate surface area is 145 Å². The summed E-state index contributed by atoms with van der Waals surface area (Å²) in [6.07, 6.45) is 3.30. The van der Waals surface area contributed by atoms with Gasteiger partial charge in [0.25, 0.3) is 0 Å². The molecule has 0 saturated carbocycles. The van der Waals surface area contributed by atoms with E-state index in [9.17, 15) is 8.42 Å². The monoisotopic (exact) mass is 352 g/mol. The van der Waals surface area contributed by atoms with Gasteiger partial charge in [0.05, 0.1) is 17.1 Å². The number of piperidine rings is 1. The molecule has 3 rings (SSSR count). The van der Waals surface area contributed by atoms with Crippen LogP contribution >= 0.6 is 0 Å². The summed E-state index contributed by atoms with van der Waals surface area (Å²) < 4.78 is 32.9. The molecule has 2 atom stereocenters. The van der Waals surface area contributed by atoms with Crippen LogP contribution in [-0.4, -0.2) is 51.1 Å². The van der Waals surface area contributed by atoms with Gasteiger partial charge in [-0.15, -0.1) is 0 Å². The van der Waals surface area contributed by atoms with E-state index in [0.29, 0.717) is 23.9 Å². The normalized spacial score (nSPS) is 27.2. The van der Waals surface area contributed by atoms with Crippen molar-refractivity contribution in [2.24, 2.45) is 5.92 Å². The lowest BCUT2D eigenvalue weighted by Gasteiger charge is -2.34.